The number of hydrogen-bond acceptors (Lipinski definition) is 3. The highest BCUT2D eigenvalue weighted by Crippen LogP contribution is 2.23. The molecule has 9 heteroatoms. The molecule has 25 heavy (non-hydrogen) atoms. The van der Waals surface area contributed by atoms with Gasteiger partial charge in [-0.25, -0.2) is 17.6 Å². The molecule has 1 fully saturated rings. The zero-order chi connectivity index (χ0) is 18.0. The number of amides is 2. The number of carbonyl (C=O) groups excluding carboxylic acids is 1. The minimum absolute atomic E-state index is 0.108. The fourth-order valence-corrected chi connectivity index (χ4v) is 3.38. The molecule has 0 unspecified atom stereocenters. The SMILES string of the molecule is O=C(Nc1ccc(NS(=O)(=O)c2ccc(Cl)cc2F)cc1)NC1CC1. The number of nitrogens with one attached hydrogen (secondary N) is 3. The molecule has 1 aliphatic carbocycles. The van der Waals surface area contributed by atoms with E-state index in [1.54, 1.807) is 12.1 Å². The van der Waals surface area contributed by atoms with Gasteiger partial charge in [0.05, 0.1) is 0 Å². The largest absolute Gasteiger partial charge is 0.335 e. The van der Waals surface area contributed by atoms with Gasteiger partial charge in [0.15, 0.2) is 0 Å². The lowest BCUT2D eigenvalue weighted by atomic mass is 10.3. The summed E-state index contributed by atoms with van der Waals surface area (Å²) in [6.07, 6.45) is 1.96. The van der Waals surface area contributed by atoms with Crippen LogP contribution in [0.2, 0.25) is 5.02 Å². The van der Waals surface area contributed by atoms with Gasteiger partial charge in [0, 0.05) is 22.4 Å². The van der Waals surface area contributed by atoms with Crippen molar-refractivity contribution in [2.45, 2.75) is 23.8 Å². The summed E-state index contributed by atoms with van der Waals surface area (Å²) in [5.41, 5.74) is 0.751. The molecule has 0 bridgehead atoms. The molecule has 0 spiro atoms. The molecule has 1 aliphatic rings. The number of sulfonamides is 1. The second kappa shape index (κ2) is 6.89. The van der Waals surface area contributed by atoms with Gasteiger partial charge in [-0.15, -0.1) is 0 Å². The molecule has 0 radical (unpaired) electrons. The fourth-order valence-electron chi connectivity index (χ4n) is 2.11. The van der Waals surface area contributed by atoms with Crippen LogP contribution in [0.4, 0.5) is 20.6 Å². The summed E-state index contributed by atoms with van der Waals surface area (Å²) in [6, 6.07) is 9.28. The number of benzene rings is 2. The Morgan fingerprint density at radius 2 is 1.72 bits per heavy atom. The molecule has 3 rings (SSSR count). The molecule has 3 N–H and O–H groups in total. The van der Waals surface area contributed by atoms with Crippen LogP contribution in [-0.4, -0.2) is 20.5 Å². The Morgan fingerprint density at radius 1 is 1.08 bits per heavy atom. The zero-order valence-corrected chi connectivity index (χ0v) is 14.5. The van der Waals surface area contributed by atoms with E-state index in [1.165, 1.54) is 18.2 Å². The average Bonchev–Trinajstić information content (AvgIpc) is 3.32. The standard InChI is InChI=1S/C16H15ClFN3O3S/c17-10-1-8-15(14(18)9-10)25(23,24)21-13-6-4-12(5-7-13)20-16(22)19-11-2-3-11/h1,4-9,11,21H,2-3H2,(H2,19,20,22). The van der Waals surface area contributed by atoms with Crippen molar-refractivity contribution >= 4 is 39.0 Å². The van der Waals surface area contributed by atoms with E-state index in [4.69, 9.17) is 11.6 Å². The van der Waals surface area contributed by atoms with Gasteiger partial charge in [-0.3, -0.25) is 4.72 Å². The molecule has 6 nitrogen and oxygen atoms in total. The molecule has 0 aliphatic heterocycles. The van der Waals surface area contributed by atoms with E-state index in [0.29, 0.717) is 5.69 Å². The Labute approximate surface area is 149 Å². The van der Waals surface area contributed by atoms with Crippen LogP contribution < -0.4 is 15.4 Å². The lowest BCUT2D eigenvalue weighted by molar-refractivity contribution is 0.251. The van der Waals surface area contributed by atoms with Crippen molar-refractivity contribution in [1.29, 1.82) is 0 Å². The lowest BCUT2D eigenvalue weighted by Gasteiger charge is -2.10. The average molecular weight is 384 g/mol. The Kier molecular flexibility index (Phi) is 4.82. The van der Waals surface area contributed by atoms with Crippen LogP contribution in [0.15, 0.2) is 47.4 Å². The fraction of sp³-hybridized carbons (Fsp3) is 0.188. The van der Waals surface area contributed by atoms with Gasteiger partial charge >= 0.3 is 6.03 Å². The summed E-state index contributed by atoms with van der Waals surface area (Å²) >= 11 is 5.63. The molecular weight excluding hydrogens is 369 g/mol. The van der Waals surface area contributed by atoms with Crippen molar-refractivity contribution in [1.82, 2.24) is 5.32 Å². The second-order valence-corrected chi connectivity index (χ2v) is 7.72. The minimum atomic E-state index is -4.09. The van der Waals surface area contributed by atoms with Gasteiger partial charge < -0.3 is 10.6 Å². The molecule has 0 aromatic heterocycles. The van der Waals surface area contributed by atoms with Crippen LogP contribution in [0.5, 0.6) is 0 Å². The lowest BCUT2D eigenvalue weighted by Crippen LogP contribution is -2.30. The maximum absolute atomic E-state index is 13.8. The van der Waals surface area contributed by atoms with Crippen molar-refractivity contribution in [2.24, 2.45) is 0 Å². The third-order valence-corrected chi connectivity index (χ3v) is 5.14. The maximum atomic E-state index is 13.8. The third kappa shape index (κ3) is 4.61. The van der Waals surface area contributed by atoms with E-state index in [0.717, 1.165) is 25.0 Å². The van der Waals surface area contributed by atoms with Crippen LogP contribution in [0, 0.1) is 5.82 Å². The first kappa shape index (κ1) is 17.5. The van der Waals surface area contributed by atoms with Gasteiger partial charge in [-0.1, -0.05) is 11.6 Å². The van der Waals surface area contributed by atoms with E-state index < -0.39 is 20.7 Å². The van der Waals surface area contributed by atoms with E-state index >= 15 is 0 Å². The molecule has 0 heterocycles. The Balaban J connectivity index is 1.68. The first-order valence-corrected chi connectivity index (χ1v) is 9.35. The van der Waals surface area contributed by atoms with Crippen LogP contribution in [0.1, 0.15) is 12.8 Å². The summed E-state index contributed by atoms with van der Waals surface area (Å²) < 4.78 is 40.6. The van der Waals surface area contributed by atoms with Crippen LogP contribution in [0.25, 0.3) is 0 Å². The first-order chi connectivity index (χ1) is 11.8. The number of rotatable bonds is 5. The number of urea groups is 1. The number of halogens is 2. The van der Waals surface area contributed by atoms with Crippen molar-refractivity contribution in [3.05, 3.63) is 53.3 Å². The molecular formula is C16H15ClFN3O3S. The Morgan fingerprint density at radius 3 is 2.32 bits per heavy atom. The van der Waals surface area contributed by atoms with Crippen molar-refractivity contribution in [3.8, 4) is 0 Å². The van der Waals surface area contributed by atoms with Gasteiger partial charge in [-0.05, 0) is 55.3 Å². The van der Waals surface area contributed by atoms with Crippen LogP contribution >= 0.6 is 11.6 Å². The monoisotopic (exact) mass is 383 g/mol. The maximum Gasteiger partial charge on any atom is 0.319 e. The molecule has 2 amide bonds. The highest BCUT2D eigenvalue weighted by atomic mass is 35.5. The number of anilines is 2. The quantitative estimate of drug-likeness (QED) is 0.737. The third-order valence-electron chi connectivity index (χ3n) is 3.49. The molecule has 132 valence electrons. The van der Waals surface area contributed by atoms with Crippen LogP contribution in [-0.2, 0) is 10.0 Å². The number of hydrogen-bond donors (Lipinski definition) is 3. The predicted molar refractivity (Wildman–Crippen MR) is 93.8 cm³/mol. The molecule has 2 aromatic rings. The van der Waals surface area contributed by atoms with Crippen molar-refractivity contribution in [3.63, 3.8) is 0 Å². The van der Waals surface area contributed by atoms with Gasteiger partial charge in [0.1, 0.15) is 10.7 Å². The normalized spacial score (nSPS) is 14.0. The van der Waals surface area contributed by atoms with Crippen molar-refractivity contribution < 1.29 is 17.6 Å². The predicted octanol–water partition coefficient (Wildman–Crippen LogP) is 3.56. The molecule has 2 aromatic carbocycles. The highest BCUT2D eigenvalue weighted by Gasteiger charge is 2.23. The Hall–Kier alpha value is -2.32. The summed E-state index contributed by atoms with van der Waals surface area (Å²) in [5.74, 6) is -0.935. The van der Waals surface area contributed by atoms with E-state index in [-0.39, 0.29) is 22.8 Å². The summed E-state index contributed by atoms with van der Waals surface area (Å²) in [7, 11) is -4.09. The van der Waals surface area contributed by atoms with Crippen molar-refractivity contribution in [2.75, 3.05) is 10.0 Å². The summed E-state index contributed by atoms with van der Waals surface area (Å²) in [4.78, 5) is 11.1. The minimum Gasteiger partial charge on any atom is -0.335 e. The van der Waals surface area contributed by atoms with E-state index in [1.807, 2.05) is 0 Å². The highest BCUT2D eigenvalue weighted by molar-refractivity contribution is 7.92. The van der Waals surface area contributed by atoms with Crippen LogP contribution in [0.3, 0.4) is 0 Å². The summed E-state index contributed by atoms with van der Waals surface area (Å²) in [5, 5.41) is 5.53. The Bertz CT molecular complexity index is 899. The topological polar surface area (TPSA) is 87.3 Å². The zero-order valence-electron chi connectivity index (χ0n) is 12.9. The smallest absolute Gasteiger partial charge is 0.319 e. The van der Waals surface area contributed by atoms with E-state index in [9.17, 15) is 17.6 Å². The van der Waals surface area contributed by atoms with Gasteiger partial charge in [0.25, 0.3) is 10.0 Å². The molecule has 0 atom stereocenters. The molecule has 0 saturated heterocycles. The van der Waals surface area contributed by atoms with Gasteiger partial charge in [-0.2, -0.15) is 0 Å². The summed E-state index contributed by atoms with van der Waals surface area (Å²) in [6.45, 7) is 0. The van der Waals surface area contributed by atoms with E-state index in [2.05, 4.69) is 15.4 Å². The van der Waals surface area contributed by atoms with Gasteiger partial charge in [0.2, 0.25) is 0 Å². The molecule has 1 saturated carbocycles. The first-order valence-electron chi connectivity index (χ1n) is 7.49. The number of carbonyl (C=O) groups is 1. The second-order valence-electron chi connectivity index (χ2n) is 5.63.